The first-order valence-corrected chi connectivity index (χ1v) is 5.86. The van der Waals surface area contributed by atoms with Crippen LogP contribution in [0.25, 0.3) is 0 Å². The summed E-state index contributed by atoms with van der Waals surface area (Å²) < 4.78 is 23.1. The molecule has 0 unspecified atom stereocenters. The van der Waals surface area contributed by atoms with Gasteiger partial charge < -0.3 is 14.8 Å². The number of ether oxygens (including phenoxy) is 2. The molecule has 1 aromatic rings. The zero-order valence-electron chi connectivity index (χ0n) is 10.6. The Morgan fingerprint density at radius 2 is 2.06 bits per heavy atom. The highest BCUT2D eigenvalue weighted by atomic mass is 19.1. The molecule has 0 saturated carbocycles. The van der Waals surface area contributed by atoms with E-state index < -0.39 is 6.10 Å². The summed E-state index contributed by atoms with van der Waals surface area (Å²) in [6, 6.07) is 5.59. The summed E-state index contributed by atoms with van der Waals surface area (Å²) in [6.45, 7) is 2.75. The minimum Gasteiger partial charge on any atom is -0.481 e. The van der Waals surface area contributed by atoms with Crippen molar-refractivity contribution in [1.82, 2.24) is 5.32 Å². The van der Waals surface area contributed by atoms with Crippen LogP contribution in [0, 0.1) is 5.82 Å². The molecule has 0 aromatic heterocycles. The average Bonchev–Trinajstić information content (AvgIpc) is 2.38. The molecule has 0 spiro atoms. The van der Waals surface area contributed by atoms with Crippen LogP contribution >= 0.6 is 0 Å². The van der Waals surface area contributed by atoms with Crippen molar-refractivity contribution >= 4 is 5.91 Å². The quantitative estimate of drug-likeness (QED) is 0.755. The van der Waals surface area contributed by atoms with Crippen molar-refractivity contribution in [3.63, 3.8) is 0 Å². The van der Waals surface area contributed by atoms with E-state index in [2.05, 4.69) is 5.32 Å². The molecule has 0 saturated heterocycles. The zero-order chi connectivity index (χ0) is 13.4. The largest absolute Gasteiger partial charge is 0.481 e. The van der Waals surface area contributed by atoms with E-state index in [0.717, 1.165) is 0 Å². The van der Waals surface area contributed by atoms with Gasteiger partial charge in [0.15, 0.2) is 6.10 Å². The van der Waals surface area contributed by atoms with Gasteiger partial charge in [0, 0.05) is 13.7 Å². The fourth-order valence-electron chi connectivity index (χ4n) is 1.39. The molecular weight excluding hydrogens is 237 g/mol. The summed E-state index contributed by atoms with van der Waals surface area (Å²) in [5.74, 6) is -0.0519. The standard InChI is InChI=1S/C13H18FNO3/c1-3-12(13(16)15-8-9-17-2)18-11-6-4-10(14)5-7-11/h4-7,12H,3,8-9H2,1-2H3,(H,15,16)/t12-/m1/s1. The predicted octanol–water partition coefficient (Wildman–Crippen LogP) is 1.75. The molecule has 1 aromatic carbocycles. The summed E-state index contributed by atoms with van der Waals surface area (Å²) in [5.41, 5.74) is 0. The molecule has 0 bridgehead atoms. The van der Waals surface area contributed by atoms with E-state index in [1.165, 1.54) is 24.3 Å². The second kappa shape index (κ2) is 7.66. The van der Waals surface area contributed by atoms with E-state index in [9.17, 15) is 9.18 Å². The molecule has 0 aliphatic rings. The van der Waals surface area contributed by atoms with Crippen molar-refractivity contribution < 1.29 is 18.7 Å². The highest BCUT2D eigenvalue weighted by molar-refractivity contribution is 5.81. The number of rotatable bonds is 7. The maximum absolute atomic E-state index is 12.7. The number of hydrogen-bond acceptors (Lipinski definition) is 3. The third-order valence-corrected chi connectivity index (χ3v) is 2.36. The Hall–Kier alpha value is -1.62. The van der Waals surface area contributed by atoms with Gasteiger partial charge in [-0.25, -0.2) is 4.39 Å². The van der Waals surface area contributed by atoms with E-state index in [1.54, 1.807) is 7.11 Å². The Morgan fingerprint density at radius 3 is 2.61 bits per heavy atom. The fourth-order valence-corrected chi connectivity index (χ4v) is 1.39. The van der Waals surface area contributed by atoms with Crippen LogP contribution < -0.4 is 10.1 Å². The van der Waals surface area contributed by atoms with E-state index in [-0.39, 0.29) is 11.7 Å². The molecule has 1 atom stereocenters. The maximum atomic E-state index is 12.7. The van der Waals surface area contributed by atoms with Gasteiger partial charge in [0.25, 0.3) is 5.91 Å². The highest BCUT2D eigenvalue weighted by Gasteiger charge is 2.17. The van der Waals surface area contributed by atoms with Gasteiger partial charge in [0.1, 0.15) is 11.6 Å². The lowest BCUT2D eigenvalue weighted by molar-refractivity contribution is -0.128. The van der Waals surface area contributed by atoms with E-state index >= 15 is 0 Å². The van der Waals surface area contributed by atoms with Crippen molar-refractivity contribution in [2.45, 2.75) is 19.4 Å². The number of carbonyl (C=O) groups is 1. The maximum Gasteiger partial charge on any atom is 0.261 e. The van der Waals surface area contributed by atoms with Gasteiger partial charge in [0.2, 0.25) is 0 Å². The molecule has 1 N–H and O–H groups in total. The lowest BCUT2D eigenvalue weighted by Gasteiger charge is -2.17. The minimum atomic E-state index is -0.577. The Bertz CT molecular complexity index is 367. The number of halogens is 1. The Morgan fingerprint density at radius 1 is 1.39 bits per heavy atom. The molecule has 1 amide bonds. The topological polar surface area (TPSA) is 47.6 Å². The SMILES string of the molecule is CC[C@@H](Oc1ccc(F)cc1)C(=O)NCCOC. The average molecular weight is 255 g/mol. The third kappa shape index (κ3) is 4.71. The third-order valence-electron chi connectivity index (χ3n) is 2.36. The van der Waals surface area contributed by atoms with Gasteiger partial charge in [-0.3, -0.25) is 4.79 Å². The van der Waals surface area contributed by atoms with Crippen molar-refractivity contribution in [3.8, 4) is 5.75 Å². The van der Waals surface area contributed by atoms with Crippen molar-refractivity contribution in [1.29, 1.82) is 0 Å². The molecule has 1 rings (SSSR count). The highest BCUT2D eigenvalue weighted by Crippen LogP contribution is 2.14. The van der Waals surface area contributed by atoms with Gasteiger partial charge in [-0.1, -0.05) is 6.92 Å². The molecule has 4 nitrogen and oxygen atoms in total. The first kappa shape index (κ1) is 14.4. The molecular formula is C13H18FNO3. The monoisotopic (exact) mass is 255 g/mol. The van der Waals surface area contributed by atoms with Gasteiger partial charge in [-0.2, -0.15) is 0 Å². The Balaban J connectivity index is 2.50. The van der Waals surface area contributed by atoms with Crippen LogP contribution in [0.1, 0.15) is 13.3 Å². The summed E-state index contributed by atoms with van der Waals surface area (Å²) in [5, 5.41) is 2.70. The van der Waals surface area contributed by atoms with Crippen LogP contribution in [-0.2, 0) is 9.53 Å². The summed E-state index contributed by atoms with van der Waals surface area (Å²) in [4.78, 5) is 11.8. The molecule has 5 heteroatoms. The Kier molecular flexibility index (Phi) is 6.14. The van der Waals surface area contributed by atoms with E-state index in [0.29, 0.717) is 25.3 Å². The van der Waals surface area contributed by atoms with Crippen LogP contribution in [0.2, 0.25) is 0 Å². The number of hydrogen-bond donors (Lipinski definition) is 1. The number of benzene rings is 1. The van der Waals surface area contributed by atoms with Gasteiger partial charge >= 0.3 is 0 Å². The van der Waals surface area contributed by atoms with Crippen LogP contribution in [0.15, 0.2) is 24.3 Å². The van der Waals surface area contributed by atoms with Crippen LogP contribution in [0.4, 0.5) is 4.39 Å². The molecule has 0 fully saturated rings. The molecule has 0 aliphatic carbocycles. The normalized spacial score (nSPS) is 11.9. The summed E-state index contributed by atoms with van der Waals surface area (Å²) >= 11 is 0. The lowest BCUT2D eigenvalue weighted by atomic mass is 10.2. The van der Waals surface area contributed by atoms with Crippen LogP contribution in [-0.4, -0.2) is 32.3 Å². The van der Waals surface area contributed by atoms with Gasteiger partial charge in [-0.15, -0.1) is 0 Å². The first-order valence-electron chi connectivity index (χ1n) is 5.86. The van der Waals surface area contributed by atoms with E-state index in [4.69, 9.17) is 9.47 Å². The fraction of sp³-hybridized carbons (Fsp3) is 0.462. The summed E-state index contributed by atoms with van der Waals surface area (Å²) in [7, 11) is 1.57. The van der Waals surface area contributed by atoms with Gasteiger partial charge in [0.05, 0.1) is 6.61 Å². The molecule has 18 heavy (non-hydrogen) atoms. The predicted molar refractivity (Wildman–Crippen MR) is 66.0 cm³/mol. The van der Waals surface area contributed by atoms with Crippen molar-refractivity contribution in [3.05, 3.63) is 30.1 Å². The zero-order valence-corrected chi connectivity index (χ0v) is 10.6. The lowest BCUT2D eigenvalue weighted by Crippen LogP contribution is -2.39. The molecule has 0 aliphatic heterocycles. The second-order valence-electron chi connectivity index (χ2n) is 3.75. The molecule has 100 valence electrons. The molecule has 0 radical (unpaired) electrons. The number of amides is 1. The number of carbonyl (C=O) groups excluding carboxylic acids is 1. The number of nitrogens with one attached hydrogen (secondary N) is 1. The smallest absolute Gasteiger partial charge is 0.261 e. The number of methoxy groups -OCH3 is 1. The van der Waals surface area contributed by atoms with E-state index in [1.807, 2.05) is 6.92 Å². The van der Waals surface area contributed by atoms with Crippen molar-refractivity contribution in [2.75, 3.05) is 20.3 Å². The Labute approximate surface area is 106 Å². The molecule has 0 heterocycles. The second-order valence-corrected chi connectivity index (χ2v) is 3.75. The minimum absolute atomic E-state index is 0.195. The van der Waals surface area contributed by atoms with Crippen LogP contribution in [0.3, 0.4) is 0 Å². The van der Waals surface area contributed by atoms with Crippen LogP contribution in [0.5, 0.6) is 5.75 Å². The van der Waals surface area contributed by atoms with Crippen molar-refractivity contribution in [2.24, 2.45) is 0 Å². The van der Waals surface area contributed by atoms with Gasteiger partial charge in [-0.05, 0) is 30.7 Å². The summed E-state index contributed by atoms with van der Waals surface area (Å²) in [6.07, 6.45) is -0.0387. The first-order chi connectivity index (χ1) is 8.67.